The average Bonchev–Trinajstić information content (AvgIpc) is 2.56. The van der Waals surface area contributed by atoms with Crippen LogP contribution in [-0.2, 0) is 4.79 Å². The summed E-state index contributed by atoms with van der Waals surface area (Å²) in [6, 6.07) is 13.9. The zero-order valence-corrected chi connectivity index (χ0v) is 12.8. The molecule has 1 aliphatic heterocycles. The van der Waals surface area contributed by atoms with Crippen LogP contribution in [0.25, 0.3) is 0 Å². The molecule has 0 spiro atoms. The summed E-state index contributed by atoms with van der Waals surface area (Å²) in [6.07, 6.45) is 0.441. The number of nitrogens with zero attached hydrogens (tertiary/aromatic N) is 1. The van der Waals surface area contributed by atoms with Crippen LogP contribution in [0, 0.1) is 5.82 Å². The molecule has 1 aliphatic rings. The molecule has 1 amide bonds. The van der Waals surface area contributed by atoms with Gasteiger partial charge >= 0.3 is 0 Å². The molecule has 5 heteroatoms. The Labute approximate surface area is 133 Å². The summed E-state index contributed by atoms with van der Waals surface area (Å²) in [7, 11) is 0. The lowest BCUT2D eigenvalue weighted by molar-refractivity contribution is -0.118. The Morgan fingerprint density at radius 2 is 1.95 bits per heavy atom. The smallest absolute Gasteiger partial charge is 0.228 e. The lowest BCUT2D eigenvalue weighted by atomic mass is 10.2. The summed E-state index contributed by atoms with van der Waals surface area (Å²) >= 11 is 1.56. The fraction of sp³-hybridized carbons (Fsp3) is 0.235. The number of halogens is 1. The third kappa shape index (κ3) is 3.42. The van der Waals surface area contributed by atoms with Gasteiger partial charge in [0.05, 0.1) is 12.2 Å². The van der Waals surface area contributed by atoms with Crippen molar-refractivity contribution in [2.45, 2.75) is 11.3 Å². The molecule has 0 saturated carbocycles. The number of carbonyl (C=O) groups is 1. The highest BCUT2D eigenvalue weighted by molar-refractivity contribution is 7.99. The topological polar surface area (TPSA) is 29.5 Å². The third-order valence-electron chi connectivity index (χ3n) is 3.43. The number of thioether (sulfide) groups is 1. The van der Waals surface area contributed by atoms with Crippen LogP contribution in [0.1, 0.15) is 6.42 Å². The van der Waals surface area contributed by atoms with E-state index in [0.717, 1.165) is 16.3 Å². The van der Waals surface area contributed by atoms with E-state index in [2.05, 4.69) is 0 Å². The molecule has 0 unspecified atom stereocenters. The van der Waals surface area contributed by atoms with Crippen LogP contribution >= 0.6 is 11.8 Å². The Kier molecular flexibility index (Phi) is 4.63. The molecule has 2 aromatic carbocycles. The molecule has 3 rings (SSSR count). The third-order valence-corrected chi connectivity index (χ3v) is 4.44. The van der Waals surface area contributed by atoms with Gasteiger partial charge in [0.15, 0.2) is 0 Å². The number of hydrogen-bond donors (Lipinski definition) is 0. The first kappa shape index (κ1) is 14.9. The molecule has 0 aromatic heterocycles. The van der Waals surface area contributed by atoms with Gasteiger partial charge in [-0.2, -0.15) is 0 Å². The van der Waals surface area contributed by atoms with Gasteiger partial charge in [0.25, 0.3) is 0 Å². The van der Waals surface area contributed by atoms with Crippen LogP contribution in [0.3, 0.4) is 0 Å². The highest BCUT2D eigenvalue weighted by Crippen LogP contribution is 2.31. The number of carbonyl (C=O) groups excluding carboxylic acids is 1. The first-order chi connectivity index (χ1) is 10.7. The van der Waals surface area contributed by atoms with Crippen molar-refractivity contribution >= 4 is 23.4 Å². The van der Waals surface area contributed by atoms with E-state index in [0.29, 0.717) is 25.3 Å². The Balaban J connectivity index is 1.58. The van der Waals surface area contributed by atoms with Crippen molar-refractivity contribution < 1.29 is 13.9 Å². The van der Waals surface area contributed by atoms with Crippen LogP contribution < -0.4 is 9.64 Å². The number of anilines is 1. The maximum Gasteiger partial charge on any atom is 0.228 e. The summed E-state index contributed by atoms with van der Waals surface area (Å²) in [5.74, 6) is 1.27. The van der Waals surface area contributed by atoms with Gasteiger partial charge < -0.3 is 9.64 Å². The van der Waals surface area contributed by atoms with E-state index in [1.807, 2.05) is 24.3 Å². The molecular formula is C17H16FNO2S. The second kappa shape index (κ2) is 6.83. The Hall–Kier alpha value is -2.01. The first-order valence-electron chi connectivity index (χ1n) is 7.14. The van der Waals surface area contributed by atoms with Gasteiger partial charge in [-0.3, -0.25) is 4.79 Å². The van der Waals surface area contributed by atoms with E-state index in [-0.39, 0.29) is 11.7 Å². The van der Waals surface area contributed by atoms with E-state index in [4.69, 9.17) is 4.74 Å². The molecule has 0 radical (unpaired) electrons. The maximum absolute atomic E-state index is 12.8. The number of ether oxygens (including phenoxy) is 1. The Morgan fingerprint density at radius 1 is 1.18 bits per heavy atom. The SMILES string of the molecule is O=C(CCSc1ccc(F)cc1)N1CCOc2ccccc21. The fourth-order valence-corrected chi connectivity index (χ4v) is 3.19. The minimum Gasteiger partial charge on any atom is -0.490 e. The van der Waals surface area contributed by atoms with Crippen LogP contribution in [0.2, 0.25) is 0 Å². The van der Waals surface area contributed by atoms with Gasteiger partial charge in [0.2, 0.25) is 5.91 Å². The summed E-state index contributed by atoms with van der Waals surface area (Å²) < 4.78 is 18.4. The standard InChI is InChI=1S/C17H16FNO2S/c18-13-5-7-14(8-6-13)22-12-9-17(20)19-10-11-21-16-4-2-1-3-15(16)19/h1-8H,9-12H2. The minimum atomic E-state index is -0.245. The molecule has 0 bridgehead atoms. The molecule has 22 heavy (non-hydrogen) atoms. The maximum atomic E-state index is 12.8. The lowest BCUT2D eigenvalue weighted by Crippen LogP contribution is -2.38. The molecule has 2 aromatic rings. The molecule has 0 aliphatic carbocycles. The van der Waals surface area contributed by atoms with Gasteiger partial charge in [-0.15, -0.1) is 11.8 Å². The van der Waals surface area contributed by atoms with Gasteiger partial charge in [-0.1, -0.05) is 12.1 Å². The molecule has 0 N–H and O–H groups in total. The van der Waals surface area contributed by atoms with Crippen molar-refractivity contribution in [3.63, 3.8) is 0 Å². The van der Waals surface area contributed by atoms with Crippen molar-refractivity contribution in [1.29, 1.82) is 0 Å². The van der Waals surface area contributed by atoms with Crippen molar-refractivity contribution in [2.75, 3.05) is 23.8 Å². The van der Waals surface area contributed by atoms with E-state index < -0.39 is 0 Å². The molecular weight excluding hydrogens is 301 g/mol. The number of fused-ring (bicyclic) bond motifs is 1. The molecule has 1 heterocycles. The molecule has 3 nitrogen and oxygen atoms in total. The van der Waals surface area contributed by atoms with Crippen LogP contribution in [-0.4, -0.2) is 24.8 Å². The monoisotopic (exact) mass is 317 g/mol. The van der Waals surface area contributed by atoms with Crippen molar-refractivity contribution in [3.05, 3.63) is 54.3 Å². The van der Waals surface area contributed by atoms with Gasteiger partial charge in [0, 0.05) is 17.1 Å². The predicted octanol–water partition coefficient (Wildman–Crippen LogP) is 3.73. The Bertz CT molecular complexity index is 660. The van der Waals surface area contributed by atoms with E-state index >= 15 is 0 Å². The summed E-state index contributed by atoms with van der Waals surface area (Å²) in [6.45, 7) is 1.10. The van der Waals surface area contributed by atoms with Crippen molar-refractivity contribution in [2.24, 2.45) is 0 Å². The number of rotatable bonds is 4. The quantitative estimate of drug-likeness (QED) is 0.805. The van der Waals surface area contributed by atoms with E-state index in [1.165, 1.54) is 12.1 Å². The number of para-hydroxylation sites is 2. The first-order valence-corrected chi connectivity index (χ1v) is 8.13. The van der Waals surface area contributed by atoms with E-state index in [9.17, 15) is 9.18 Å². The van der Waals surface area contributed by atoms with Crippen LogP contribution in [0.5, 0.6) is 5.75 Å². The number of amides is 1. The number of hydrogen-bond acceptors (Lipinski definition) is 3. The van der Waals surface area contributed by atoms with E-state index in [1.54, 1.807) is 28.8 Å². The summed E-state index contributed by atoms with van der Waals surface area (Å²) in [4.78, 5) is 15.2. The minimum absolute atomic E-state index is 0.0883. The summed E-state index contributed by atoms with van der Waals surface area (Å²) in [5.41, 5.74) is 0.838. The number of benzene rings is 2. The zero-order chi connectivity index (χ0) is 15.4. The second-order valence-corrected chi connectivity index (χ2v) is 6.08. The predicted molar refractivity (Wildman–Crippen MR) is 86.0 cm³/mol. The second-order valence-electron chi connectivity index (χ2n) is 4.91. The molecule has 114 valence electrons. The zero-order valence-electron chi connectivity index (χ0n) is 12.0. The Morgan fingerprint density at radius 3 is 2.77 bits per heavy atom. The van der Waals surface area contributed by atoms with Gasteiger partial charge in [-0.25, -0.2) is 4.39 Å². The molecule has 0 saturated heterocycles. The molecule has 0 fully saturated rings. The largest absolute Gasteiger partial charge is 0.490 e. The average molecular weight is 317 g/mol. The summed E-state index contributed by atoms with van der Waals surface area (Å²) in [5, 5.41) is 0. The van der Waals surface area contributed by atoms with Crippen molar-refractivity contribution in [1.82, 2.24) is 0 Å². The highest BCUT2D eigenvalue weighted by Gasteiger charge is 2.22. The van der Waals surface area contributed by atoms with Crippen molar-refractivity contribution in [3.8, 4) is 5.75 Å². The van der Waals surface area contributed by atoms with Crippen LogP contribution in [0.4, 0.5) is 10.1 Å². The fourth-order valence-electron chi connectivity index (χ4n) is 2.35. The lowest BCUT2D eigenvalue weighted by Gasteiger charge is -2.29. The van der Waals surface area contributed by atoms with Gasteiger partial charge in [-0.05, 0) is 36.4 Å². The normalized spacial score (nSPS) is 13.4. The van der Waals surface area contributed by atoms with Gasteiger partial charge in [0.1, 0.15) is 18.2 Å². The molecule has 0 atom stereocenters. The highest BCUT2D eigenvalue weighted by atomic mass is 32.2. The van der Waals surface area contributed by atoms with Crippen LogP contribution in [0.15, 0.2) is 53.4 Å².